The van der Waals surface area contributed by atoms with Gasteiger partial charge in [-0.1, -0.05) is 24.3 Å². The highest BCUT2D eigenvalue weighted by Gasteiger charge is 2.35. The van der Waals surface area contributed by atoms with E-state index in [4.69, 9.17) is 9.72 Å². The number of carbonyl (C=O) groups is 1. The normalized spacial score (nSPS) is 16.8. The third kappa shape index (κ3) is 4.27. The van der Waals surface area contributed by atoms with Crippen molar-refractivity contribution in [1.29, 1.82) is 0 Å². The maximum absolute atomic E-state index is 13.7. The van der Waals surface area contributed by atoms with Crippen LogP contribution < -0.4 is 15.8 Å². The minimum atomic E-state index is -0.395. The number of esters is 1. The van der Waals surface area contributed by atoms with E-state index < -0.39 is 6.10 Å². The van der Waals surface area contributed by atoms with E-state index in [0.717, 1.165) is 28.1 Å². The molecule has 0 bridgehead atoms. The van der Waals surface area contributed by atoms with Crippen LogP contribution in [0.4, 0.5) is 11.5 Å². The first-order valence-electron chi connectivity index (χ1n) is 11.5. The molecule has 0 aliphatic heterocycles. The summed E-state index contributed by atoms with van der Waals surface area (Å²) in [5.41, 5.74) is 4.79. The summed E-state index contributed by atoms with van der Waals surface area (Å²) in [6.45, 7) is 7.61. The van der Waals surface area contributed by atoms with E-state index in [1.54, 1.807) is 10.8 Å². The number of fused-ring (bicyclic) bond motifs is 1. The third-order valence-corrected chi connectivity index (χ3v) is 6.26. The van der Waals surface area contributed by atoms with Crippen LogP contribution in [0.3, 0.4) is 0 Å². The molecule has 1 N–H and O–H groups in total. The molecule has 178 valence electrons. The lowest BCUT2D eigenvalue weighted by atomic mass is 10.1. The Labute approximate surface area is 199 Å². The highest BCUT2D eigenvalue weighted by molar-refractivity contribution is 5.67. The Balaban J connectivity index is 1.77. The fourth-order valence-corrected chi connectivity index (χ4v) is 4.55. The van der Waals surface area contributed by atoms with Crippen molar-refractivity contribution >= 4 is 17.5 Å². The minimum Gasteiger partial charge on any atom is -0.460 e. The van der Waals surface area contributed by atoms with Gasteiger partial charge in [0.1, 0.15) is 23.4 Å². The van der Waals surface area contributed by atoms with Crippen LogP contribution in [0.5, 0.6) is 0 Å². The smallest absolute Gasteiger partial charge is 0.302 e. The van der Waals surface area contributed by atoms with E-state index in [0.29, 0.717) is 30.2 Å². The maximum Gasteiger partial charge on any atom is 0.302 e. The van der Waals surface area contributed by atoms with E-state index >= 15 is 0 Å². The Kier molecular flexibility index (Phi) is 6.41. The van der Waals surface area contributed by atoms with Gasteiger partial charge >= 0.3 is 5.97 Å². The van der Waals surface area contributed by atoms with Crippen LogP contribution in [0.25, 0.3) is 11.4 Å². The average molecular weight is 462 g/mol. The lowest BCUT2D eigenvalue weighted by Crippen LogP contribution is -2.32. The molecule has 4 rings (SSSR count). The molecule has 34 heavy (non-hydrogen) atoms. The van der Waals surface area contributed by atoms with Crippen molar-refractivity contribution in [2.45, 2.75) is 52.8 Å². The summed E-state index contributed by atoms with van der Waals surface area (Å²) in [7, 11) is 3.88. The molecule has 0 fully saturated rings. The lowest BCUT2D eigenvalue weighted by Gasteiger charge is -2.24. The SMILES string of the molecule is CCn1c(-c2cnc(N(C)C)cc2C)nc(C)c(NC2c3ccccc3C[C@@H]2OC(C)=O)c1=O. The van der Waals surface area contributed by atoms with E-state index in [9.17, 15) is 9.59 Å². The van der Waals surface area contributed by atoms with Gasteiger partial charge in [0.05, 0.1) is 11.7 Å². The quantitative estimate of drug-likeness (QED) is 0.561. The summed E-state index contributed by atoms with van der Waals surface area (Å²) in [6.07, 6.45) is 1.98. The number of rotatable bonds is 6. The number of pyridine rings is 1. The molecule has 8 heteroatoms. The first-order chi connectivity index (χ1) is 16.2. The van der Waals surface area contributed by atoms with E-state index in [1.807, 2.05) is 70.1 Å². The topological polar surface area (TPSA) is 89.3 Å². The minimum absolute atomic E-state index is 0.160. The molecule has 3 aromatic rings. The van der Waals surface area contributed by atoms with Gasteiger partial charge in [-0.15, -0.1) is 0 Å². The molecule has 0 saturated heterocycles. The summed E-state index contributed by atoms with van der Waals surface area (Å²) in [4.78, 5) is 36.7. The van der Waals surface area contributed by atoms with Gasteiger partial charge in [0, 0.05) is 45.7 Å². The second-order valence-corrected chi connectivity index (χ2v) is 8.87. The van der Waals surface area contributed by atoms with Crippen LogP contribution >= 0.6 is 0 Å². The number of aromatic nitrogens is 3. The Morgan fingerprint density at radius 2 is 2.00 bits per heavy atom. The zero-order valence-electron chi connectivity index (χ0n) is 20.5. The predicted octanol–water partition coefficient (Wildman–Crippen LogP) is 3.65. The molecule has 0 spiro atoms. The molecular formula is C26H31N5O3. The van der Waals surface area contributed by atoms with Gasteiger partial charge in [0.15, 0.2) is 0 Å². The van der Waals surface area contributed by atoms with Gasteiger partial charge in [0.25, 0.3) is 5.56 Å². The molecule has 1 aliphatic carbocycles. The van der Waals surface area contributed by atoms with Crippen LogP contribution in [0.1, 0.15) is 42.3 Å². The standard InChI is InChI=1S/C26H31N5O3/c1-7-31-25(20-14-27-22(30(5)6)12-15(20)2)28-16(3)23(26(31)33)29-24-19-11-9-8-10-18(19)13-21(24)34-17(4)32/h8-12,14,21,24,29H,7,13H2,1-6H3/t21-,24?/m0/s1. The largest absolute Gasteiger partial charge is 0.460 e. The molecule has 2 aromatic heterocycles. The van der Waals surface area contributed by atoms with Gasteiger partial charge in [0.2, 0.25) is 0 Å². The Morgan fingerprint density at radius 1 is 1.26 bits per heavy atom. The number of ether oxygens (including phenoxy) is 1. The average Bonchev–Trinajstić information content (AvgIpc) is 3.12. The molecule has 1 aromatic carbocycles. The molecule has 2 atom stereocenters. The first kappa shape index (κ1) is 23.5. The molecule has 2 heterocycles. The summed E-state index contributed by atoms with van der Waals surface area (Å²) in [5.74, 6) is 1.09. The monoisotopic (exact) mass is 461 g/mol. The zero-order valence-corrected chi connectivity index (χ0v) is 20.5. The molecule has 0 amide bonds. The van der Waals surface area contributed by atoms with E-state index in [1.165, 1.54) is 6.92 Å². The Hall–Kier alpha value is -3.68. The highest BCUT2D eigenvalue weighted by Crippen LogP contribution is 2.36. The summed E-state index contributed by atoms with van der Waals surface area (Å²) in [5, 5.41) is 3.39. The maximum atomic E-state index is 13.7. The fourth-order valence-electron chi connectivity index (χ4n) is 4.55. The molecule has 1 unspecified atom stereocenters. The molecular weight excluding hydrogens is 430 g/mol. The van der Waals surface area contributed by atoms with Crippen molar-refractivity contribution < 1.29 is 9.53 Å². The molecule has 0 radical (unpaired) electrons. The van der Waals surface area contributed by atoms with Crippen LogP contribution in [0, 0.1) is 13.8 Å². The van der Waals surface area contributed by atoms with Crippen LogP contribution in [-0.4, -0.2) is 40.7 Å². The van der Waals surface area contributed by atoms with Crippen LogP contribution in [-0.2, 0) is 22.5 Å². The van der Waals surface area contributed by atoms with E-state index in [-0.39, 0.29) is 17.6 Å². The first-order valence-corrected chi connectivity index (χ1v) is 11.5. The van der Waals surface area contributed by atoms with Gasteiger partial charge < -0.3 is 15.0 Å². The lowest BCUT2D eigenvalue weighted by molar-refractivity contribution is -0.146. The van der Waals surface area contributed by atoms with Crippen molar-refractivity contribution in [2.75, 3.05) is 24.3 Å². The molecule has 8 nitrogen and oxygen atoms in total. The fraction of sp³-hybridized carbons (Fsp3) is 0.385. The second-order valence-electron chi connectivity index (χ2n) is 8.87. The van der Waals surface area contributed by atoms with Crippen molar-refractivity contribution in [1.82, 2.24) is 14.5 Å². The Morgan fingerprint density at radius 3 is 2.65 bits per heavy atom. The number of nitrogens with one attached hydrogen (secondary N) is 1. The summed E-state index contributed by atoms with van der Waals surface area (Å²) in [6, 6.07) is 9.62. The van der Waals surface area contributed by atoms with Gasteiger partial charge in [-0.25, -0.2) is 9.97 Å². The van der Waals surface area contributed by atoms with Crippen molar-refractivity contribution in [3.8, 4) is 11.4 Å². The van der Waals surface area contributed by atoms with Crippen molar-refractivity contribution in [3.05, 3.63) is 69.3 Å². The number of carbonyl (C=O) groups excluding carboxylic acids is 1. The number of benzene rings is 1. The summed E-state index contributed by atoms with van der Waals surface area (Å²) < 4.78 is 7.27. The number of anilines is 2. The highest BCUT2D eigenvalue weighted by atomic mass is 16.5. The van der Waals surface area contributed by atoms with Crippen LogP contribution in [0.2, 0.25) is 0 Å². The van der Waals surface area contributed by atoms with Gasteiger partial charge in [-0.2, -0.15) is 0 Å². The van der Waals surface area contributed by atoms with Gasteiger partial charge in [-0.3, -0.25) is 14.2 Å². The zero-order chi connectivity index (χ0) is 24.6. The third-order valence-electron chi connectivity index (χ3n) is 6.26. The second kappa shape index (κ2) is 9.29. The summed E-state index contributed by atoms with van der Waals surface area (Å²) >= 11 is 0. The molecule has 1 aliphatic rings. The number of aryl methyl sites for hydroxylation is 2. The number of hydrogen-bond donors (Lipinski definition) is 1. The number of hydrogen-bond acceptors (Lipinski definition) is 7. The predicted molar refractivity (Wildman–Crippen MR) is 133 cm³/mol. The Bertz CT molecular complexity index is 1300. The van der Waals surface area contributed by atoms with Gasteiger partial charge in [-0.05, 0) is 43.5 Å². The van der Waals surface area contributed by atoms with E-state index in [2.05, 4.69) is 10.3 Å². The van der Waals surface area contributed by atoms with Crippen molar-refractivity contribution in [2.24, 2.45) is 0 Å². The van der Waals surface area contributed by atoms with Crippen LogP contribution in [0.15, 0.2) is 41.3 Å². The van der Waals surface area contributed by atoms with Crippen molar-refractivity contribution in [3.63, 3.8) is 0 Å². The number of nitrogens with zero attached hydrogens (tertiary/aromatic N) is 4. The molecule has 0 saturated carbocycles.